The number of rotatable bonds is 2. The van der Waals surface area contributed by atoms with Gasteiger partial charge in [0, 0.05) is 19.8 Å². The zero-order valence-electron chi connectivity index (χ0n) is 10.7. The summed E-state index contributed by atoms with van der Waals surface area (Å²) in [6.45, 7) is 0. The van der Waals surface area contributed by atoms with Gasteiger partial charge in [0.15, 0.2) is 0 Å². The number of nitriles is 1. The normalized spacial score (nSPS) is 9.95. The van der Waals surface area contributed by atoms with Crippen LogP contribution in [0.25, 0.3) is 0 Å². The van der Waals surface area contributed by atoms with Crippen LogP contribution in [-0.2, 0) is 7.05 Å². The molecule has 0 unspecified atom stereocenters. The summed E-state index contributed by atoms with van der Waals surface area (Å²) in [6.07, 6.45) is 1.44. The second-order valence-corrected chi connectivity index (χ2v) is 4.10. The summed E-state index contributed by atoms with van der Waals surface area (Å²) < 4.78 is 1.43. The van der Waals surface area contributed by atoms with Gasteiger partial charge in [-0.25, -0.2) is 0 Å². The van der Waals surface area contributed by atoms with Crippen LogP contribution >= 0.6 is 0 Å². The van der Waals surface area contributed by atoms with Crippen molar-refractivity contribution < 1.29 is 4.79 Å². The minimum Gasteiger partial charge on any atom is -0.396 e. The van der Waals surface area contributed by atoms with E-state index in [0.29, 0.717) is 22.6 Å². The molecule has 0 saturated heterocycles. The van der Waals surface area contributed by atoms with Crippen LogP contribution in [0.2, 0.25) is 0 Å². The van der Waals surface area contributed by atoms with Gasteiger partial charge in [0.05, 0.1) is 23.5 Å². The lowest BCUT2D eigenvalue weighted by Gasteiger charge is -2.17. The number of nitrogens with zero attached hydrogens (tertiary/aromatic N) is 4. The lowest BCUT2D eigenvalue weighted by molar-refractivity contribution is 0.0985. The van der Waals surface area contributed by atoms with Crippen molar-refractivity contribution in [3.63, 3.8) is 0 Å². The summed E-state index contributed by atoms with van der Waals surface area (Å²) in [5, 5.41) is 12.8. The van der Waals surface area contributed by atoms with Crippen LogP contribution in [-0.4, -0.2) is 22.7 Å². The number of benzene rings is 1. The van der Waals surface area contributed by atoms with Crippen LogP contribution in [0.15, 0.2) is 30.5 Å². The Labute approximate surface area is 110 Å². The standard InChI is InChI=1S/C13H13N5O/c1-17(10-5-3-4-9(6-10)7-14)13(19)12-11(15)8-16-18(12)2/h3-6,8H,15H2,1-2H3. The van der Waals surface area contributed by atoms with Gasteiger partial charge in [-0.3, -0.25) is 9.48 Å². The topological polar surface area (TPSA) is 87.9 Å². The number of aryl methyl sites for hydroxylation is 1. The van der Waals surface area contributed by atoms with Crippen molar-refractivity contribution in [1.29, 1.82) is 5.26 Å². The molecular weight excluding hydrogens is 242 g/mol. The molecule has 1 heterocycles. The predicted molar refractivity (Wildman–Crippen MR) is 71.5 cm³/mol. The van der Waals surface area contributed by atoms with E-state index in [4.69, 9.17) is 11.0 Å². The molecule has 6 heteroatoms. The molecule has 0 fully saturated rings. The van der Waals surface area contributed by atoms with E-state index in [9.17, 15) is 4.79 Å². The van der Waals surface area contributed by atoms with E-state index in [2.05, 4.69) is 5.10 Å². The van der Waals surface area contributed by atoms with Gasteiger partial charge in [-0.2, -0.15) is 10.4 Å². The van der Waals surface area contributed by atoms with E-state index in [1.165, 1.54) is 15.8 Å². The van der Waals surface area contributed by atoms with Crippen LogP contribution in [0.5, 0.6) is 0 Å². The molecule has 2 N–H and O–H groups in total. The number of carbonyl (C=O) groups excluding carboxylic acids is 1. The average molecular weight is 255 g/mol. The largest absolute Gasteiger partial charge is 0.396 e. The van der Waals surface area contributed by atoms with Crippen molar-refractivity contribution in [3.05, 3.63) is 41.7 Å². The molecule has 1 amide bonds. The van der Waals surface area contributed by atoms with Gasteiger partial charge in [0.25, 0.3) is 5.91 Å². The number of aromatic nitrogens is 2. The van der Waals surface area contributed by atoms with E-state index in [1.54, 1.807) is 38.4 Å². The van der Waals surface area contributed by atoms with Gasteiger partial charge in [0.2, 0.25) is 0 Å². The Morgan fingerprint density at radius 3 is 2.84 bits per heavy atom. The molecule has 0 radical (unpaired) electrons. The number of nitrogen functional groups attached to an aromatic ring is 1. The molecule has 0 aliphatic carbocycles. The molecule has 2 aromatic rings. The van der Waals surface area contributed by atoms with Crippen molar-refractivity contribution in [2.75, 3.05) is 17.7 Å². The van der Waals surface area contributed by atoms with Gasteiger partial charge >= 0.3 is 0 Å². The summed E-state index contributed by atoms with van der Waals surface area (Å²) in [7, 11) is 3.29. The van der Waals surface area contributed by atoms with Crippen LogP contribution < -0.4 is 10.6 Å². The second kappa shape index (κ2) is 4.82. The monoisotopic (exact) mass is 255 g/mol. The Hall–Kier alpha value is -2.81. The third kappa shape index (κ3) is 2.26. The molecule has 0 spiro atoms. The first-order valence-corrected chi connectivity index (χ1v) is 5.60. The van der Waals surface area contributed by atoms with Crippen molar-refractivity contribution in [1.82, 2.24) is 9.78 Å². The first-order chi connectivity index (χ1) is 9.04. The summed E-state index contributed by atoms with van der Waals surface area (Å²) in [4.78, 5) is 13.8. The van der Waals surface area contributed by atoms with Gasteiger partial charge in [-0.05, 0) is 18.2 Å². The summed E-state index contributed by atoms with van der Waals surface area (Å²) in [6, 6.07) is 8.84. The first kappa shape index (κ1) is 12.6. The molecule has 2 rings (SSSR count). The zero-order valence-corrected chi connectivity index (χ0v) is 10.7. The first-order valence-electron chi connectivity index (χ1n) is 5.60. The molecule has 6 nitrogen and oxygen atoms in total. The summed E-state index contributed by atoms with van der Waals surface area (Å²) >= 11 is 0. The maximum atomic E-state index is 12.3. The Balaban J connectivity index is 2.37. The number of carbonyl (C=O) groups is 1. The third-order valence-electron chi connectivity index (χ3n) is 2.84. The Bertz CT molecular complexity index is 648. The third-order valence-corrected chi connectivity index (χ3v) is 2.84. The van der Waals surface area contributed by atoms with E-state index < -0.39 is 0 Å². The van der Waals surface area contributed by atoms with Gasteiger partial charge in [-0.1, -0.05) is 6.07 Å². The van der Waals surface area contributed by atoms with Gasteiger partial charge < -0.3 is 10.6 Å². The lowest BCUT2D eigenvalue weighted by atomic mass is 10.2. The van der Waals surface area contributed by atoms with Crippen LogP contribution in [0, 0.1) is 11.3 Å². The molecule has 0 saturated carbocycles. The van der Waals surface area contributed by atoms with Crippen LogP contribution in [0.1, 0.15) is 16.1 Å². The highest BCUT2D eigenvalue weighted by Crippen LogP contribution is 2.19. The second-order valence-electron chi connectivity index (χ2n) is 4.10. The Morgan fingerprint density at radius 1 is 1.53 bits per heavy atom. The number of nitrogens with two attached hydrogens (primary N) is 1. The SMILES string of the molecule is CN(C(=O)c1c(N)cnn1C)c1cccc(C#N)c1. The maximum Gasteiger partial charge on any atom is 0.278 e. The molecule has 0 aliphatic rings. The molecular formula is C13H13N5O. The fourth-order valence-corrected chi connectivity index (χ4v) is 1.78. The predicted octanol–water partition coefficient (Wildman–Crippen LogP) is 1.15. The molecule has 19 heavy (non-hydrogen) atoms. The quantitative estimate of drug-likeness (QED) is 0.871. The summed E-state index contributed by atoms with van der Waals surface area (Å²) in [5.74, 6) is -0.271. The van der Waals surface area contributed by atoms with Gasteiger partial charge in [0.1, 0.15) is 5.69 Å². The minimum atomic E-state index is -0.271. The molecule has 1 aromatic carbocycles. The van der Waals surface area contributed by atoms with Crippen molar-refractivity contribution in [3.8, 4) is 6.07 Å². The average Bonchev–Trinajstić information content (AvgIpc) is 2.76. The highest BCUT2D eigenvalue weighted by molar-refractivity contribution is 6.07. The van der Waals surface area contributed by atoms with E-state index >= 15 is 0 Å². The molecule has 1 aromatic heterocycles. The Kier molecular flexibility index (Phi) is 3.21. The van der Waals surface area contributed by atoms with E-state index in [-0.39, 0.29) is 5.91 Å². The Morgan fingerprint density at radius 2 is 2.26 bits per heavy atom. The number of anilines is 2. The van der Waals surface area contributed by atoms with Crippen molar-refractivity contribution >= 4 is 17.3 Å². The molecule has 0 atom stereocenters. The molecule has 0 bridgehead atoms. The van der Waals surface area contributed by atoms with E-state index in [0.717, 1.165) is 0 Å². The summed E-state index contributed by atoms with van der Waals surface area (Å²) in [5.41, 5.74) is 7.51. The van der Waals surface area contributed by atoms with Crippen LogP contribution in [0.4, 0.5) is 11.4 Å². The van der Waals surface area contributed by atoms with Crippen molar-refractivity contribution in [2.24, 2.45) is 7.05 Å². The number of amides is 1. The molecule has 96 valence electrons. The molecule has 0 aliphatic heterocycles. The fraction of sp³-hybridized carbons (Fsp3) is 0.154. The number of hydrogen-bond donors (Lipinski definition) is 1. The lowest BCUT2D eigenvalue weighted by Crippen LogP contribution is -2.29. The maximum absolute atomic E-state index is 12.3. The number of hydrogen-bond acceptors (Lipinski definition) is 4. The van der Waals surface area contributed by atoms with E-state index in [1.807, 2.05) is 6.07 Å². The zero-order chi connectivity index (χ0) is 14.0. The van der Waals surface area contributed by atoms with Crippen LogP contribution in [0.3, 0.4) is 0 Å². The minimum absolute atomic E-state index is 0.271. The smallest absolute Gasteiger partial charge is 0.278 e. The fourth-order valence-electron chi connectivity index (χ4n) is 1.78. The van der Waals surface area contributed by atoms with Gasteiger partial charge in [-0.15, -0.1) is 0 Å². The highest BCUT2D eigenvalue weighted by Gasteiger charge is 2.20. The van der Waals surface area contributed by atoms with Crippen molar-refractivity contribution in [2.45, 2.75) is 0 Å². The highest BCUT2D eigenvalue weighted by atomic mass is 16.2.